The Bertz CT molecular complexity index is 611. The van der Waals surface area contributed by atoms with Gasteiger partial charge in [0.05, 0.1) is 11.5 Å². The van der Waals surface area contributed by atoms with E-state index >= 15 is 0 Å². The summed E-state index contributed by atoms with van der Waals surface area (Å²) >= 11 is 1.60. The van der Waals surface area contributed by atoms with Crippen molar-refractivity contribution in [3.63, 3.8) is 0 Å². The highest BCUT2D eigenvalue weighted by Gasteiger charge is 2.28. The summed E-state index contributed by atoms with van der Waals surface area (Å²) in [7, 11) is -3.01. The number of aryl methyl sites for hydroxylation is 1. The molecular formula is C14H20N2O4S2. The van der Waals surface area contributed by atoms with Crippen LogP contribution in [0.1, 0.15) is 18.2 Å². The first kappa shape index (κ1) is 17.0. The molecule has 0 spiro atoms. The zero-order valence-corrected chi connectivity index (χ0v) is 14.1. The summed E-state index contributed by atoms with van der Waals surface area (Å²) < 4.78 is 22.7. The average Bonchev–Trinajstić information content (AvgIpc) is 2.97. The zero-order chi connectivity index (χ0) is 16.2. The molecule has 2 amide bonds. The van der Waals surface area contributed by atoms with Gasteiger partial charge in [0.2, 0.25) is 11.8 Å². The minimum atomic E-state index is -3.01. The third-order valence-corrected chi connectivity index (χ3v) is 6.13. The van der Waals surface area contributed by atoms with Crippen LogP contribution in [-0.4, -0.2) is 55.8 Å². The van der Waals surface area contributed by atoms with Crippen LogP contribution in [0.5, 0.6) is 0 Å². The normalized spacial score (nSPS) is 18.7. The third-order valence-electron chi connectivity index (χ3n) is 3.58. The maximum atomic E-state index is 12.2. The second-order valence-corrected chi connectivity index (χ2v) is 8.68. The molecule has 1 aromatic rings. The lowest BCUT2D eigenvalue weighted by atomic mass is 10.2. The average molecular weight is 344 g/mol. The Hall–Kier alpha value is -1.41. The van der Waals surface area contributed by atoms with E-state index in [-0.39, 0.29) is 36.4 Å². The van der Waals surface area contributed by atoms with Gasteiger partial charge in [-0.1, -0.05) is 6.07 Å². The van der Waals surface area contributed by atoms with E-state index in [0.29, 0.717) is 12.8 Å². The molecule has 1 fully saturated rings. The minimum Gasteiger partial charge on any atom is -0.345 e. The minimum absolute atomic E-state index is 0.00220. The van der Waals surface area contributed by atoms with Crippen LogP contribution in [0.4, 0.5) is 0 Å². The van der Waals surface area contributed by atoms with E-state index in [2.05, 4.69) is 5.32 Å². The highest BCUT2D eigenvalue weighted by atomic mass is 32.2. The quantitative estimate of drug-likeness (QED) is 0.840. The van der Waals surface area contributed by atoms with E-state index < -0.39 is 15.9 Å². The zero-order valence-electron chi connectivity index (χ0n) is 12.4. The van der Waals surface area contributed by atoms with Crippen molar-refractivity contribution in [3.8, 4) is 0 Å². The Morgan fingerprint density at radius 2 is 2.05 bits per heavy atom. The van der Waals surface area contributed by atoms with Crippen molar-refractivity contribution in [1.82, 2.24) is 10.2 Å². The van der Waals surface area contributed by atoms with Crippen LogP contribution in [-0.2, 0) is 25.8 Å². The Morgan fingerprint density at radius 1 is 1.36 bits per heavy atom. The molecule has 0 aromatic carbocycles. The highest BCUT2D eigenvalue weighted by Crippen LogP contribution is 2.11. The Morgan fingerprint density at radius 3 is 2.64 bits per heavy atom. The number of amides is 2. The lowest BCUT2D eigenvalue weighted by Crippen LogP contribution is -2.51. The van der Waals surface area contributed by atoms with E-state index in [1.165, 1.54) is 4.90 Å². The van der Waals surface area contributed by atoms with Crippen LogP contribution < -0.4 is 5.32 Å². The second-order valence-electron chi connectivity index (χ2n) is 5.35. The molecule has 0 radical (unpaired) electrons. The Labute approximate surface area is 134 Å². The molecule has 1 N–H and O–H groups in total. The molecule has 0 unspecified atom stereocenters. The van der Waals surface area contributed by atoms with Crippen molar-refractivity contribution in [3.05, 3.63) is 22.4 Å². The molecule has 1 saturated heterocycles. The molecular weight excluding hydrogens is 324 g/mol. The second kappa shape index (κ2) is 7.23. The molecule has 122 valence electrons. The van der Waals surface area contributed by atoms with Crippen molar-refractivity contribution >= 4 is 33.0 Å². The molecule has 6 nitrogen and oxygen atoms in total. The van der Waals surface area contributed by atoms with Gasteiger partial charge in [0.25, 0.3) is 0 Å². The first-order valence-electron chi connectivity index (χ1n) is 7.18. The maximum Gasteiger partial charge on any atom is 0.244 e. The number of carbonyl (C=O) groups excluding carboxylic acids is 2. The van der Waals surface area contributed by atoms with E-state index in [0.717, 1.165) is 4.88 Å². The number of carbonyl (C=O) groups is 2. The van der Waals surface area contributed by atoms with E-state index in [1.807, 2.05) is 17.5 Å². The summed E-state index contributed by atoms with van der Waals surface area (Å²) in [6, 6.07) is 3.28. The van der Waals surface area contributed by atoms with E-state index in [9.17, 15) is 18.0 Å². The molecule has 1 aromatic heterocycles. The molecule has 22 heavy (non-hydrogen) atoms. The van der Waals surface area contributed by atoms with E-state index in [4.69, 9.17) is 0 Å². The van der Waals surface area contributed by atoms with Crippen LogP contribution in [0.2, 0.25) is 0 Å². The Kier molecular flexibility index (Phi) is 5.57. The summed E-state index contributed by atoms with van der Waals surface area (Å²) in [5.41, 5.74) is 0. The number of thiophene rings is 1. The topological polar surface area (TPSA) is 83.6 Å². The number of sulfone groups is 1. The molecule has 1 aliphatic rings. The number of rotatable bonds is 5. The lowest BCUT2D eigenvalue weighted by Gasteiger charge is -2.29. The van der Waals surface area contributed by atoms with Crippen LogP contribution in [0.15, 0.2) is 17.5 Å². The molecule has 1 aliphatic heterocycles. The van der Waals surface area contributed by atoms with Gasteiger partial charge in [-0.25, -0.2) is 8.42 Å². The fourth-order valence-electron chi connectivity index (χ4n) is 2.27. The summed E-state index contributed by atoms with van der Waals surface area (Å²) in [5, 5.41) is 4.65. The SMILES string of the molecule is C[C@H](NC(=O)CCc1cccs1)C(=O)N1CCS(=O)(=O)CC1. The van der Waals surface area contributed by atoms with Crippen molar-refractivity contribution < 1.29 is 18.0 Å². The van der Waals surface area contributed by atoms with Gasteiger partial charge in [-0.2, -0.15) is 0 Å². The van der Waals surface area contributed by atoms with Gasteiger partial charge in [-0.15, -0.1) is 11.3 Å². The standard InChI is InChI=1S/C14H20N2O4S2/c1-11(14(18)16-6-9-22(19,20)10-7-16)15-13(17)5-4-12-3-2-8-21-12/h2-3,8,11H,4-7,9-10H2,1H3,(H,15,17)/t11-/m0/s1. The van der Waals surface area contributed by atoms with E-state index in [1.54, 1.807) is 18.3 Å². The summed E-state index contributed by atoms with van der Waals surface area (Å²) in [4.78, 5) is 26.7. The number of nitrogens with one attached hydrogen (secondary N) is 1. The van der Waals surface area contributed by atoms with Crippen molar-refractivity contribution in [2.75, 3.05) is 24.6 Å². The van der Waals surface area contributed by atoms with Gasteiger partial charge >= 0.3 is 0 Å². The molecule has 8 heteroatoms. The maximum absolute atomic E-state index is 12.2. The molecule has 2 rings (SSSR count). The van der Waals surface area contributed by atoms with Crippen LogP contribution in [0.25, 0.3) is 0 Å². The highest BCUT2D eigenvalue weighted by molar-refractivity contribution is 7.91. The monoisotopic (exact) mass is 344 g/mol. The summed E-state index contributed by atoms with van der Waals surface area (Å²) in [5.74, 6) is -0.395. The van der Waals surface area contributed by atoms with Gasteiger partial charge in [0.15, 0.2) is 9.84 Å². The largest absolute Gasteiger partial charge is 0.345 e. The van der Waals surface area contributed by atoms with Crippen LogP contribution >= 0.6 is 11.3 Å². The third kappa shape index (κ3) is 4.81. The smallest absolute Gasteiger partial charge is 0.244 e. The first-order chi connectivity index (χ1) is 10.4. The van der Waals surface area contributed by atoms with Crippen molar-refractivity contribution in [2.45, 2.75) is 25.8 Å². The Balaban J connectivity index is 1.77. The molecule has 0 bridgehead atoms. The molecule has 0 aliphatic carbocycles. The van der Waals surface area contributed by atoms with Crippen molar-refractivity contribution in [2.24, 2.45) is 0 Å². The molecule has 1 atom stereocenters. The predicted molar refractivity (Wildman–Crippen MR) is 85.5 cm³/mol. The van der Waals surface area contributed by atoms with Gasteiger partial charge < -0.3 is 10.2 Å². The predicted octanol–water partition coefficient (Wildman–Crippen LogP) is 0.442. The number of hydrogen-bond acceptors (Lipinski definition) is 5. The summed E-state index contributed by atoms with van der Waals surface area (Å²) in [6.07, 6.45) is 0.999. The summed E-state index contributed by atoms with van der Waals surface area (Å²) in [6.45, 7) is 2.04. The van der Waals surface area contributed by atoms with Crippen LogP contribution in [0.3, 0.4) is 0 Å². The first-order valence-corrected chi connectivity index (χ1v) is 9.88. The number of nitrogens with zero attached hydrogens (tertiary/aromatic N) is 1. The van der Waals surface area contributed by atoms with Crippen molar-refractivity contribution in [1.29, 1.82) is 0 Å². The van der Waals surface area contributed by atoms with Gasteiger partial charge in [-0.3, -0.25) is 9.59 Å². The van der Waals surface area contributed by atoms with Gasteiger partial charge in [0, 0.05) is 24.4 Å². The number of hydrogen-bond donors (Lipinski definition) is 1. The van der Waals surface area contributed by atoms with Gasteiger partial charge in [-0.05, 0) is 24.8 Å². The van der Waals surface area contributed by atoms with Gasteiger partial charge in [0.1, 0.15) is 6.04 Å². The fraction of sp³-hybridized carbons (Fsp3) is 0.571. The fourth-order valence-corrected chi connectivity index (χ4v) is 4.18. The molecule has 2 heterocycles. The molecule has 0 saturated carbocycles. The lowest BCUT2D eigenvalue weighted by molar-refractivity contribution is -0.135. The van der Waals surface area contributed by atoms with Crippen LogP contribution in [0, 0.1) is 0 Å².